The normalized spacial score (nSPS) is 14.4. The summed E-state index contributed by atoms with van der Waals surface area (Å²) in [6, 6.07) is 20.0. The minimum Gasteiger partial charge on any atom is -0.491 e. The first-order valence-electron chi connectivity index (χ1n) is 12.5. The van der Waals surface area contributed by atoms with E-state index >= 15 is 0 Å². The van der Waals surface area contributed by atoms with Crippen molar-refractivity contribution >= 4 is 17.4 Å². The van der Waals surface area contributed by atoms with Crippen LogP contribution in [0.4, 0.5) is 5.82 Å². The van der Waals surface area contributed by atoms with E-state index < -0.39 is 0 Å². The summed E-state index contributed by atoms with van der Waals surface area (Å²) in [7, 11) is 0. The lowest BCUT2D eigenvalue weighted by atomic mass is 9.96. The van der Waals surface area contributed by atoms with Crippen LogP contribution in [0.2, 0.25) is 0 Å². The number of carbonyl (C=O) groups is 1. The van der Waals surface area contributed by atoms with Gasteiger partial charge >= 0.3 is 0 Å². The molecule has 1 fully saturated rings. The standard InChI is InChI=1S/C28H32N6O2/c1-19(2)36-24-9-7-21(8-10-24)18-29-28(35)22-13-15-33(16-14-22)26-12-11-25-30-31-27(34(25)32-26)23-6-4-5-20(3)17-23/h4-12,17,19,22H,13-16,18H2,1-3H3,(H,29,35). The van der Waals surface area contributed by atoms with Gasteiger partial charge in [-0.15, -0.1) is 15.3 Å². The Morgan fingerprint density at radius 2 is 1.83 bits per heavy atom. The number of anilines is 1. The lowest BCUT2D eigenvalue weighted by molar-refractivity contribution is -0.125. The molecule has 0 atom stereocenters. The Bertz CT molecular complexity index is 1340. The molecule has 1 saturated heterocycles. The van der Waals surface area contributed by atoms with Gasteiger partial charge in [0.2, 0.25) is 5.91 Å². The molecular weight excluding hydrogens is 452 g/mol. The molecule has 4 aromatic rings. The second kappa shape index (κ2) is 10.4. The predicted octanol–water partition coefficient (Wildman–Crippen LogP) is 4.42. The number of piperidine rings is 1. The summed E-state index contributed by atoms with van der Waals surface area (Å²) < 4.78 is 7.49. The fourth-order valence-electron chi connectivity index (χ4n) is 4.57. The Kier molecular flexibility index (Phi) is 6.84. The Morgan fingerprint density at radius 1 is 1.06 bits per heavy atom. The summed E-state index contributed by atoms with van der Waals surface area (Å²) in [6.45, 7) is 8.15. The molecule has 0 spiro atoms. The SMILES string of the molecule is Cc1cccc(-c2nnc3ccc(N4CCC(C(=O)NCc5ccc(OC(C)C)cc5)CC4)nn23)c1. The number of ether oxygens (including phenoxy) is 1. The van der Waals surface area contributed by atoms with Crippen LogP contribution in [0.1, 0.15) is 37.8 Å². The van der Waals surface area contributed by atoms with Gasteiger partial charge in [-0.2, -0.15) is 4.52 Å². The van der Waals surface area contributed by atoms with E-state index in [4.69, 9.17) is 9.84 Å². The van der Waals surface area contributed by atoms with Crippen molar-refractivity contribution in [2.24, 2.45) is 5.92 Å². The van der Waals surface area contributed by atoms with E-state index in [1.807, 2.05) is 62.4 Å². The number of hydrogen-bond acceptors (Lipinski definition) is 6. The molecule has 0 aliphatic carbocycles. The molecule has 0 bridgehead atoms. The minimum absolute atomic E-state index is 0.00583. The zero-order valence-corrected chi connectivity index (χ0v) is 21.0. The molecular formula is C28H32N6O2. The van der Waals surface area contributed by atoms with E-state index in [1.54, 1.807) is 4.52 Å². The quantitative estimate of drug-likeness (QED) is 0.418. The molecule has 1 aliphatic heterocycles. The molecule has 0 saturated carbocycles. The number of rotatable bonds is 7. The third-order valence-electron chi connectivity index (χ3n) is 6.48. The first-order chi connectivity index (χ1) is 17.5. The highest BCUT2D eigenvalue weighted by molar-refractivity contribution is 5.79. The van der Waals surface area contributed by atoms with Crippen molar-refractivity contribution in [2.75, 3.05) is 18.0 Å². The van der Waals surface area contributed by atoms with Crippen molar-refractivity contribution in [1.82, 2.24) is 25.1 Å². The van der Waals surface area contributed by atoms with Crippen LogP contribution >= 0.6 is 0 Å². The Morgan fingerprint density at radius 3 is 2.56 bits per heavy atom. The monoisotopic (exact) mass is 484 g/mol. The second-order valence-electron chi connectivity index (χ2n) is 9.64. The number of amides is 1. The Hall–Kier alpha value is -3.94. The molecule has 1 amide bonds. The molecule has 8 nitrogen and oxygen atoms in total. The number of benzene rings is 2. The maximum Gasteiger partial charge on any atom is 0.223 e. The minimum atomic E-state index is 0.00583. The van der Waals surface area contributed by atoms with Crippen molar-refractivity contribution in [2.45, 2.75) is 46.3 Å². The van der Waals surface area contributed by atoms with Crippen LogP contribution in [0.3, 0.4) is 0 Å². The first-order valence-corrected chi connectivity index (χ1v) is 12.5. The lowest BCUT2D eigenvalue weighted by Gasteiger charge is -2.32. The van der Waals surface area contributed by atoms with Crippen LogP contribution in [0.25, 0.3) is 17.0 Å². The fraction of sp³-hybridized carbons (Fsp3) is 0.357. The maximum atomic E-state index is 12.8. The topological polar surface area (TPSA) is 84.7 Å². The molecule has 2 aromatic carbocycles. The van der Waals surface area contributed by atoms with Gasteiger partial charge in [0.1, 0.15) is 11.6 Å². The van der Waals surface area contributed by atoms with Gasteiger partial charge in [-0.3, -0.25) is 4.79 Å². The molecule has 186 valence electrons. The van der Waals surface area contributed by atoms with E-state index in [9.17, 15) is 4.79 Å². The molecule has 36 heavy (non-hydrogen) atoms. The van der Waals surface area contributed by atoms with Gasteiger partial charge < -0.3 is 15.0 Å². The Labute approximate surface area is 211 Å². The van der Waals surface area contributed by atoms with Crippen LogP contribution in [0.15, 0.2) is 60.7 Å². The van der Waals surface area contributed by atoms with Crippen molar-refractivity contribution in [3.05, 3.63) is 71.8 Å². The van der Waals surface area contributed by atoms with Crippen LogP contribution in [-0.2, 0) is 11.3 Å². The molecule has 2 aromatic heterocycles. The number of aryl methyl sites for hydroxylation is 1. The molecule has 3 heterocycles. The van der Waals surface area contributed by atoms with Crippen LogP contribution < -0.4 is 15.0 Å². The molecule has 1 aliphatic rings. The number of nitrogens with one attached hydrogen (secondary N) is 1. The number of hydrogen-bond donors (Lipinski definition) is 1. The van der Waals surface area contributed by atoms with E-state index in [0.29, 0.717) is 12.2 Å². The van der Waals surface area contributed by atoms with Crippen molar-refractivity contribution < 1.29 is 9.53 Å². The van der Waals surface area contributed by atoms with Gasteiger partial charge in [-0.25, -0.2) is 0 Å². The van der Waals surface area contributed by atoms with Crippen molar-refractivity contribution in [1.29, 1.82) is 0 Å². The maximum absolute atomic E-state index is 12.8. The summed E-state index contributed by atoms with van der Waals surface area (Å²) in [5.74, 6) is 2.57. The van der Waals surface area contributed by atoms with E-state index in [1.165, 1.54) is 0 Å². The number of aromatic nitrogens is 4. The highest BCUT2D eigenvalue weighted by Gasteiger charge is 2.26. The molecule has 0 unspecified atom stereocenters. The zero-order valence-electron chi connectivity index (χ0n) is 21.0. The van der Waals surface area contributed by atoms with Gasteiger partial charge in [0.15, 0.2) is 11.5 Å². The molecule has 5 rings (SSSR count). The number of fused-ring (bicyclic) bond motifs is 1. The van der Waals surface area contributed by atoms with E-state index in [2.05, 4.69) is 39.5 Å². The highest BCUT2D eigenvalue weighted by Crippen LogP contribution is 2.24. The van der Waals surface area contributed by atoms with Crippen LogP contribution in [0, 0.1) is 12.8 Å². The van der Waals surface area contributed by atoms with Crippen LogP contribution in [-0.4, -0.2) is 44.9 Å². The first kappa shape index (κ1) is 23.8. The highest BCUT2D eigenvalue weighted by atomic mass is 16.5. The van der Waals surface area contributed by atoms with Gasteiger partial charge in [0, 0.05) is 31.1 Å². The second-order valence-corrected chi connectivity index (χ2v) is 9.64. The Balaban J connectivity index is 1.18. The zero-order chi connectivity index (χ0) is 25.1. The predicted molar refractivity (Wildman–Crippen MR) is 140 cm³/mol. The summed E-state index contributed by atoms with van der Waals surface area (Å²) in [5, 5.41) is 16.6. The molecule has 0 radical (unpaired) electrons. The summed E-state index contributed by atoms with van der Waals surface area (Å²) >= 11 is 0. The molecule has 1 N–H and O–H groups in total. The van der Waals surface area contributed by atoms with Gasteiger partial charge in [0.05, 0.1) is 6.10 Å². The number of carbonyl (C=O) groups excluding carboxylic acids is 1. The van der Waals surface area contributed by atoms with Gasteiger partial charge in [-0.05, 0) is 69.5 Å². The van der Waals surface area contributed by atoms with Gasteiger partial charge in [-0.1, -0.05) is 35.9 Å². The average Bonchev–Trinajstić information content (AvgIpc) is 3.31. The van der Waals surface area contributed by atoms with E-state index in [-0.39, 0.29) is 17.9 Å². The largest absolute Gasteiger partial charge is 0.491 e. The third-order valence-corrected chi connectivity index (χ3v) is 6.48. The number of nitrogens with zero attached hydrogens (tertiary/aromatic N) is 5. The van der Waals surface area contributed by atoms with Crippen molar-refractivity contribution in [3.63, 3.8) is 0 Å². The lowest BCUT2D eigenvalue weighted by Crippen LogP contribution is -2.40. The van der Waals surface area contributed by atoms with E-state index in [0.717, 1.165) is 60.0 Å². The van der Waals surface area contributed by atoms with Gasteiger partial charge in [0.25, 0.3) is 0 Å². The average molecular weight is 485 g/mol. The molecule has 8 heteroatoms. The smallest absolute Gasteiger partial charge is 0.223 e. The third kappa shape index (κ3) is 5.32. The van der Waals surface area contributed by atoms with Crippen molar-refractivity contribution in [3.8, 4) is 17.1 Å². The summed E-state index contributed by atoms with van der Waals surface area (Å²) in [5.41, 5.74) is 3.93. The fourth-order valence-corrected chi connectivity index (χ4v) is 4.57. The summed E-state index contributed by atoms with van der Waals surface area (Å²) in [4.78, 5) is 15.0. The summed E-state index contributed by atoms with van der Waals surface area (Å²) in [6.07, 6.45) is 1.73. The van der Waals surface area contributed by atoms with Crippen LogP contribution in [0.5, 0.6) is 5.75 Å².